The zero-order valence-corrected chi connectivity index (χ0v) is 11.8. The number of nitrogens with zero attached hydrogens (tertiary/aromatic N) is 1. The van der Waals surface area contributed by atoms with E-state index in [1.165, 1.54) is 22.8 Å². The van der Waals surface area contributed by atoms with Crippen LogP contribution in [0.1, 0.15) is 37.7 Å². The normalized spacial score (nSPS) is 18.2. The van der Waals surface area contributed by atoms with Crippen LogP contribution < -0.4 is 5.32 Å². The van der Waals surface area contributed by atoms with Gasteiger partial charge < -0.3 is 10.4 Å². The molecule has 1 fully saturated rings. The highest BCUT2D eigenvalue weighted by atomic mass is 16.3. The van der Waals surface area contributed by atoms with E-state index in [0.29, 0.717) is 6.54 Å². The SMILES string of the molecule is OC1(CNCc2ccc3cnccc3c2)CCCCC1. The van der Waals surface area contributed by atoms with Crippen LogP contribution in [0.3, 0.4) is 0 Å². The number of aromatic nitrogens is 1. The number of rotatable bonds is 4. The summed E-state index contributed by atoms with van der Waals surface area (Å²) in [6, 6.07) is 8.46. The van der Waals surface area contributed by atoms with Gasteiger partial charge in [0.1, 0.15) is 0 Å². The molecule has 0 spiro atoms. The molecule has 1 heterocycles. The minimum absolute atomic E-state index is 0.487. The van der Waals surface area contributed by atoms with E-state index >= 15 is 0 Å². The number of fused-ring (bicyclic) bond motifs is 1. The van der Waals surface area contributed by atoms with E-state index < -0.39 is 5.60 Å². The average molecular weight is 270 g/mol. The van der Waals surface area contributed by atoms with Crippen molar-refractivity contribution in [3.05, 3.63) is 42.2 Å². The Morgan fingerprint density at radius 1 is 1.10 bits per heavy atom. The second-order valence-corrected chi connectivity index (χ2v) is 5.95. The maximum Gasteiger partial charge on any atom is 0.0771 e. The standard InChI is InChI=1S/C17H22N2O/c20-17(7-2-1-3-8-17)13-19-11-14-4-5-16-12-18-9-6-15(16)10-14/h4-6,9-10,12,19-20H,1-3,7-8,11,13H2. The van der Waals surface area contributed by atoms with Crippen molar-refractivity contribution in [2.24, 2.45) is 0 Å². The van der Waals surface area contributed by atoms with Crippen LogP contribution in [0.15, 0.2) is 36.7 Å². The van der Waals surface area contributed by atoms with Gasteiger partial charge in [-0.3, -0.25) is 4.98 Å². The minimum Gasteiger partial charge on any atom is -0.389 e. The lowest BCUT2D eigenvalue weighted by Gasteiger charge is -2.32. The summed E-state index contributed by atoms with van der Waals surface area (Å²) in [5, 5.41) is 16.2. The van der Waals surface area contributed by atoms with Crippen molar-refractivity contribution in [1.82, 2.24) is 10.3 Å². The van der Waals surface area contributed by atoms with Gasteiger partial charge in [-0.05, 0) is 35.9 Å². The molecule has 1 aliphatic rings. The highest BCUT2D eigenvalue weighted by molar-refractivity contribution is 5.81. The summed E-state index contributed by atoms with van der Waals surface area (Å²) in [5.74, 6) is 0. The molecule has 1 saturated carbocycles. The first-order valence-electron chi connectivity index (χ1n) is 7.51. The fourth-order valence-electron chi connectivity index (χ4n) is 3.07. The summed E-state index contributed by atoms with van der Waals surface area (Å²) in [6.45, 7) is 1.50. The molecule has 0 aliphatic heterocycles. The molecule has 0 unspecified atom stereocenters. The summed E-state index contributed by atoms with van der Waals surface area (Å²) in [5.41, 5.74) is 0.766. The van der Waals surface area contributed by atoms with Crippen molar-refractivity contribution in [2.45, 2.75) is 44.2 Å². The number of pyridine rings is 1. The molecular weight excluding hydrogens is 248 g/mol. The lowest BCUT2D eigenvalue weighted by molar-refractivity contribution is 0.00468. The number of hydrogen-bond acceptors (Lipinski definition) is 3. The van der Waals surface area contributed by atoms with Crippen LogP contribution in [-0.2, 0) is 6.54 Å². The first kappa shape index (κ1) is 13.5. The molecule has 0 saturated heterocycles. The first-order chi connectivity index (χ1) is 9.75. The van der Waals surface area contributed by atoms with E-state index in [-0.39, 0.29) is 0 Å². The van der Waals surface area contributed by atoms with Crippen LogP contribution in [0, 0.1) is 0 Å². The van der Waals surface area contributed by atoms with Crippen LogP contribution in [0.25, 0.3) is 10.8 Å². The van der Waals surface area contributed by atoms with Crippen LogP contribution >= 0.6 is 0 Å². The molecule has 0 atom stereocenters. The largest absolute Gasteiger partial charge is 0.389 e. The van der Waals surface area contributed by atoms with Gasteiger partial charge in [0.25, 0.3) is 0 Å². The average Bonchev–Trinajstić information content (AvgIpc) is 2.48. The van der Waals surface area contributed by atoms with Gasteiger partial charge >= 0.3 is 0 Å². The van der Waals surface area contributed by atoms with Crippen molar-refractivity contribution in [3.8, 4) is 0 Å². The summed E-state index contributed by atoms with van der Waals surface area (Å²) >= 11 is 0. The maximum absolute atomic E-state index is 10.5. The van der Waals surface area contributed by atoms with Crippen LogP contribution in [0.4, 0.5) is 0 Å². The van der Waals surface area contributed by atoms with Gasteiger partial charge in [-0.25, -0.2) is 0 Å². The summed E-state index contributed by atoms with van der Waals surface area (Å²) in [7, 11) is 0. The van der Waals surface area contributed by atoms with E-state index in [2.05, 4.69) is 28.5 Å². The predicted octanol–water partition coefficient (Wildman–Crippen LogP) is 3.02. The van der Waals surface area contributed by atoms with Gasteiger partial charge in [-0.2, -0.15) is 0 Å². The Morgan fingerprint density at radius 3 is 2.80 bits per heavy atom. The molecule has 0 amide bonds. The minimum atomic E-state index is -0.487. The van der Waals surface area contributed by atoms with E-state index in [9.17, 15) is 5.11 Å². The van der Waals surface area contributed by atoms with Crippen LogP contribution in [0.2, 0.25) is 0 Å². The molecule has 2 aromatic rings. The second kappa shape index (κ2) is 5.90. The fraction of sp³-hybridized carbons (Fsp3) is 0.471. The fourth-order valence-corrected chi connectivity index (χ4v) is 3.07. The Hall–Kier alpha value is -1.45. The Labute approximate surface area is 120 Å². The molecule has 1 aliphatic carbocycles. The Bertz CT molecular complexity index is 576. The van der Waals surface area contributed by atoms with Crippen molar-refractivity contribution in [3.63, 3.8) is 0 Å². The molecule has 3 rings (SSSR count). The Kier molecular flexibility index (Phi) is 3.99. The lowest BCUT2D eigenvalue weighted by atomic mass is 9.85. The van der Waals surface area contributed by atoms with Crippen molar-refractivity contribution >= 4 is 10.8 Å². The molecule has 20 heavy (non-hydrogen) atoms. The highest BCUT2D eigenvalue weighted by Crippen LogP contribution is 2.27. The van der Waals surface area contributed by atoms with Gasteiger partial charge in [0.2, 0.25) is 0 Å². The smallest absolute Gasteiger partial charge is 0.0771 e. The van der Waals surface area contributed by atoms with Gasteiger partial charge in [-0.15, -0.1) is 0 Å². The predicted molar refractivity (Wildman–Crippen MR) is 81.5 cm³/mol. The summed E-state index contributed by atoms with van der Waals surface area (Å²) in [6.07, 6.45) is 9.15. The van der Waals surface area contributed by atoms with Crippen molar-refractivity contribution < 1.29 is 5.11 Å². The molecule has 0 radical (unpaired) electrons. The van der Waals surface area contributed by atoms with Gasteiger partial charge in [0.15, 0.2) is 0 Å². The third-order valence-corrected chi connectivity index (χ3v) is 4.27. The van der Waals surface area contributed by atoms with Crippen LogP contribution in [-0.4, -0.2) is 22.2 Å². The van der Waals surface area contributed by atoms with Gasteiger partial charge in [0, 0.05) is 30.9 Å². The monoisotopic (exact) mass is 270 g/mol. The third kappa shape index (κ3) is 3.17. The summed E-state index contributed by atoms with van der Waals surface area (Å²) < 4.78 is 0. The van der Waals surface area contributed by atoms with E-state index in [0.717, 1.165) is 32.2 Å². The number of aliphatic hydroxyl groups is 1. The van der Waals surface area contributed by atoms with Crippen molar-refractivity contribution in [1.29, 1.82) is 0 Å². The Morgan fingerprint density at radius 2 is 1.95 bits per heavy atom. The first-order valence-corrected chi connectivity index (χ1v) is 7.51. The number of hydrogen-bond donors (Lipinski definition) is 2. The topological polar surface area (TPSA) is 45.1 Å². The molecule has 3 nitrogen and oxygen atoms in total. The van der Waals surface area contributed by atoms with Crippen molar-refractivity contribution in [2.75, 3.05) is 6.54 Å². The Balaban J connectivity index is 1.59. The van der Waals surface area contributed by atoms with E-state index in [1.54, 1.807) is 0 Å². The third-order valence-electron chi connectivity index (χ3n) is 4.27. The maximum atomic E-state index is 10.5. The highest BCUT2D eigenvalue weighted by Gasteiger charge is 2.28. The molecule has 106 valence electrons. The lowest BCUT2D eigenvalue weighted by Crippen LogP contribution is -2.41. The summed E-state index contributed by atoms with van der Waals surface area (Å²) in [4.78, 5) is 4.13. The van der Waals surface area contributed by atoms with E-state index in [4.69, 9.17) is 0 Å². The van der Waals surface area contributed by atoms with Gasteiger partial charge in [0.05, 0.1) is 5.60 Å². The van der Waals surface area contributed by atoms with Crippen LogP contribution in [0.5, 0.6) is 0 Å². The molecular formula is C17H22N2O. The molecule has 3 heteroatoms. The molecule has 0 bridgehead atoms. The number of benzene rings is 1. The molecule has 1 aromatic heterocycles. The zero-order chi connectivity index (χ0) is 13.8. The van der Waals surface area contributed by atoms with Gasteiger partial charge in [-0.1, -0.05) is 31.4 Å². The number of nitrogens with one attached hydrogen (secondary N) is 1. The van der Waals surface area contributed by atoms with E-state index in [1.807, 2.05) is 18.5 Å². The zero-order valence-electron chi connectivity index (χ0n) is 11.8. The molecule has 1 aromatic carbocycles. The second-order valence-electron chi connectivity index (χ2n) is 5.95. The quantitative estimate of drug-likeness (QED) is 0.897. The molecule has 2 N–H and O–H groups in total.